The highest BCUT2D eigenvalue weighted by Gasteiger charge is 2.21. The zero-order valence-corrected chi connectivity index (χ0v) is 17.5. The normalized spacial score (nSPS) is 12.4. The number of nitrogens with two attached hydrogens (primary N) is 2. The van der Waals surface area contributed by atoms with Gasteiger partial charge in [0, 0.05) is 14.6 Å². The molecule has 1 unspecified atom stereocenters. The Morgan fingerprint density at radius 3 is 2.09 bits per heavy atom. The molecule has 0 spiro atoms. The van der Waals surface area contributed by atoms with E-state index in [1.807, 2.05) is 0 Å². The number of carboxylic acid groups (broad SMARTS) is 1. The van der Waals surface area contributed by atoms with Gasteiger partial charge in [-0.05, 0) is 44.8 Å². The summed E-state index contributed by atoms with van der Waals surface area (Å²) in [4.78, 5) is 11.3. The number of aliphatic carboxylic acids is 1. The molecule has 6 N–H and O–H groups in total. The van der Waals surface area contributed by atoms with Gasteiger partial charge >= 0.3 is 5.97 Å². The lowest BCUT2D eigenvalue weighted by Crippen LogP contribution is -2.33. The minimum Gasteiger partial charge on any atom is -0.481 e. The van der Waals surface area contributed by atoms with Crippen molar-refractivity contribution < 1.29 is 9.90 Å². The van der Waals surface area contributed by atoms with E-state index in [1.54, 1.807) is 0 Å². The van der Waals surface area contributed by atoms with Crippen molar-refractivity contribution in [2.45, 2.75) is 51.4 Å². The van der Waals surface area contributed by atoms with Gasteiger partial charge < -0.3 is 21.9 Å². The quantitative estimate of drug-likeness (QED) is 0.286. The van der Waals surface area contributed by atoms with Crippen molar-refractivity contribution in [1.29, 1.82) is 0 Å². The third-order valence-corrected chi connectivity index (χ3v) is 5.64. The second kappa shape index (κ2) is 15.7. The highest BCUT2D eigenvalue weighted by atomic mass is 35.5. The maximum absolute atomic E-state index is 11.3. The van der Waals surface area contributed by atoms with Crippen LogP contribution < -0.4 is 16.8 Å². The molecule has 0 amide bonds. The van der Waals surface area contributed by atoms with Crippen LogP contribution in [0, 0.1) is 11.8 Å². The van der Waals surface area contributed by atoms with Gasteiger partial charge in [-0.15, -0.1) is 24.8 Å². The van der Waals surface area contributed by atoms with E-state index in [1.165, 1.54) is 0 Å². The Morgan fingerprint density at radius 2 is 1.65 bits per heavy atom. The lowest BCUT2D eigenvalue weighted by atomic mass is 9.99. The van der Waals surface area contributed by atoms with E-state index in [2.05, 4.69) is 25.0 Å². The fourth-order valence-electron chi connectivity index (χ4n) is 2.21. The van der Waals surface area contributed by atoms with Crippen LogP contribution in [-0.2, 0) is 4.79 Å². The Kier molecular flexibility index (Phi) is 19.0. The average molecular weight is 390 g/mol. The van der Waals surface area contributed by atoms with Gasteiger partial charge in [0.15, 0.2) is 0 Å². The topological polar surface area (TPSA) is 101 Å². The van der Waals surface area contributed by atoms with E-state index in [4.69, 9.17) is 11.5 Å². The molecule has 0 aromatic rings. The van der Waals surface area contributed by atoms with Crippen molar-refractivity contribution in [2.24, 2.45) is 23.3 Å². The summed E-state index contributed by atoms with van der Waals surface area (Å²) in [6, 6.07) is 1.09. The molecule has 0 saturated carbocycles. The van der Waals surface area contributed by atoms with E-state index in [0.29, 0.717) is 19.0 Å². The maximum Gasteiger partial charge on any atom is 0.306 e. The molecule has 0 heterocycles. The van der Waals surface area contributed by atoms with Crippen LogP contribution >= 0.6 is 24.8 Å². The van der Waals surface area contributed by atoms with Gasteiger partial charge in [0.25, 0.3) is 0 Å². The standard InChI is InChI=1S/C15H35N3O2Si.2ClH/c1-21(2,3)9-7-14(15(19)20)6-4-5-8-18-12-13(10-16)11-17;;/h13-14,18H,4-12,16-17H2,1-3H3,(H,19,20);2*1H. The lowest BCUT2D eigenvalue weighted by molar-refractivity contribution is -0.142. The molecular weight excluding hydrogens is 353 g/mol. The third-order valence-electron chi connectivity index (χ3n) is 3.85. The van der Waals surface area contributed by atoms with Gasteiger partial charge in [-0.1, -0.05) is 32.1 Å². The van der Waals surface area contributed by atoms with Crippen LogP contribution in [0.15, 0.2) is 0 Å². The number of halogens is 2. The third kappa shape index (κ3) is 16.8. The van der Waals surface area contributed by atoms with Crippen molar-refractivity contribution in [3.8, 4) is 0 Å². The van der Waals surface area contributed by atoms with Crippen molar-refractivity contribution in [3.63, 3.8) is 0 Å². The first kappa shape index (κ1) is 28.0. The van der Waals surface area contributed by atoms with Crippen LogP contribution in [0.5, 0.6) is 0 Å². The SMILES string of the molecule is C[Si](C)(C)CCC(CCCCNCC(CN)CN)C(=O)O.Cl.Cl. The zero-order chi connectivity index (χ0) is 16.3. The Hall–Kier alpha value is 0.147. The number of rotatable bonds is 13. The van der Waals surface area contributed by atoms with Crippen molar-refractivity contribution in [1.82, 2.24) is 5.32 Å². The molecular formula is C15H37Cl2N3O2Si. The molecule has 142 valence electrons. The lowest BCUT2D eigenvalue weighted by Gasteiger charge is -2.19. The summed E-state index contributed by atoms with van der Waals surface area (Å²) < 4.78 is 0. The molecule has 1 atom stereocenters. The molecule has 0 fully saturated rings. The van der Waals surface area contributed by atoms with Crippen LogP contribution in [0.2, 0.25) is 25.7 Å². The first-order chi connectivity index (χ1) is 9.80. The monoisotopic (exact) mass is 389 g/mol. The summed E-state index contributed by atoms with van der Waals surface area (Å²) in [7, 11) is -1.15. The first-order valence-electron chi connectivity index (χ1n) is 8.13. The van der Waals surface area contributed by atoms with Crippen LogP contribution in [0.1, 0.15) is 25.7 Å². The number of nitrogens with one attached hydrogen (secondary N) is 1. The molecule has 0 aromatic heterocycles. The summed E-state index contributed by atoms with van der Waals surface area (Å²) in [5.41, 5.74) is 11.2. The van der Waals surface area contributed by atoms with Gasteiger partial charge in [0.05, 0.1) is 5.92 Å². The molecule has 0 rings (SSSR count). The summed E-state index contributed by atoms with van der Waals surface area (Å²) in [5, 5.41) is 12.6. The Labute approximate surface area is 155 Å². The number of unbranched alkanes of at least 4 members (excludes halogenated alkanes) is 1. The summed E-state index contributed by atoms with van der Waals surface area (Å²) in [5.74, 6) is -0.460. The fraction of sp³-hybridized carbons (Fsp3) is 0.933. The van der Waals surface area contributed by atoms with Crippen molar-refractivity contribution >= 4 is 38.9 Å². The first-order valence-corrected chi connectivity index (χ1v) is 11.8. The number of hydrogen-bond acceptors (Lipinski definition) is 4. The van der Waals surface area contributed by atoms with E-state index >= 15 is 0 Å². The van der Waals surface area contributed by atoms with Crippen LogP contribution in [0.25, 0.3) is 0 Å². The molecule has 23 heavy (non-hydrogen) atoms. The zero-order valence-electron chi connectivity index (χ0n) is 14.8. The number of hydrogen-bond donors (Lipinski definition) is 4. The van der Waals surface area contributed by atoms with Gasteiger partial charge in [-0.25, -0.2) is 0 Å². The van der Waals surface area contributed by atoms with E-state index < -0.39 is 14.0 Å². The second-order valence-corrected chi connectivity index (χ2v) is 12.8. The van der Waals surface area contributed by atoms with Crippen LogP contribution in [0.3, 0.4) is 0 Å². The van der Waals surface area contributed by atoms with Crippen LogP contribution in [-0.4, -0.2) is 45.3 Å². The predicted molar refractivity (Wildman–Crippen MR) is 107 cm³/mol. The van der Waals surface area contributed by atoms with Gasteiger partial charge in [-0.3, -0.25) is 4.79 Å². The molecule has 5 nitrogen and oxygen atoms in total. The number of carbonyl (C=O) groups is 1. The Morgan fingerprint density at radius 1 is 1.09 bits per heavy atom. The van der Waals surface area contributed by atoms with Gasteiger partial charge in [-0.2, -0.15) is 0 Å². The largest absolute Gasteiger partial charge is 0.481 e. The fourth-order valence-corrected chi connectivity index (χ4v) is 3.42. The highest BCUT2D eigenvalue weighted by molar-refractivity contribution is 6.76. The summed E-state index contributed by atoms with van der Waals surface area (Å²) in [6.07, 6.45) is 3.60. The second-order valence-electron chi connectivity index (χ2n) is 7.17. The van der Waals surface area contributed by atoms with E-state index in [9.17, 15) is 9.90 Å². The molecule has 8 heteroatoms. The van der Waals surface area contributed by atoms with Crippen LogP contribution in [0.4, 0.5) is 0 Å². The summed E-state index contributed by atoms with van der Waals surface area (Å²) >= 11 is 0. The summed E-state index contributed by atoms with van der Waals surface area (Å²) in [6.45, 7) is 9.87. The smallest absolute Gasteiger partial charge is 0.306 e. The molecule has 0 aliphatic carbocycles. The molecule has 0 saturated heterocycles. The van der Waals surface area contributed by atoms with E-state index in [-0.39, 0.29) is 30.7 Å². The molecule has 0 aliphatic rings. The van der Waals surface area contributed by atoms with Crippen molar-refractivity contribution in [3.05, 3.63) is 0 Å². The van der Waals surface area contributed by atoms with E-state index in [0.717, 1.165) is 44.8 Å². The number of carboxylic acids is 1. The Balaban J connectivity index is -0.00000200. The molecule has 0 radical (unpaired) electrons. The maximum atomic E-state index is 11.3. The van der Waals surface area contributed by atoms with Gasteiger partial charge in [0.2, 0.25) is 0 Å². The van der Waals surface area contributed by atoms with Crippen molar-refractivity contribution in [2.75, 3.05) is 26.2 Å². The average Bonchev–Trinajstić information content (AvgIpc) is 2.39. The Bertz CT molecular complexity index is 288. The minimum atomic E-state index is -1.15. The molecule has 0 aromatic carbocycles. The molecule has 0 aliphatic heterocycles. The minimum absolute atomic E-state index is 0. The van der Waals surface area contributed by atoms with Gasteiger partial charge in [0.1, 0.15) is 0 Å². The molecule has 0 bridgehead atoms. The highest BCUT2D eigenvalue weighted by Crippen LogP contribution is 2.21. The predicted octanol–water partition coefficient (Wildman–Crippen LogP) is 2.55.